The van der Waals surface area contributed by atoms with Crippen LogP contribution >= 0.6 is 0 Å². The summed E-state index contributed by atoms with van der Waals surface area (Å²) in [5.41, 5.74) is 7.23. The van der Waals surface area contributed by atoms with Crippen LogP contribution in [0.1, 0.15) is 50.5 Å². The number of nitrogens with two attached hydrogens (primary N) is 1. The maximum Gasteiger partial charge on any atom is 0.410 e. The van der Waals surface area contributed by atoms with Gasteiger partial charge in [0.1, 0.15) is 18.2 Å². The minimum absolute atomic E-state index is 0.0195. The molecule has 0 radical (unpaired) electrons. The molecule has 2 atom stereocenters. The normalized spacial score (nSPS) is 20.2. The number of likely N-dealkylation sites (tertiary alicyclic amines) is 1. The number of benzene rings is 1. The number of nitrogens with zero attached hydrogens (tertiary/aromatic N) is 6. The zero-order valence-electron chi connectivity index (χ0n) is 22.5. The third-order valence-corrected chi connectivity index (χ3v) is 7.14. The largest absolute Gasteiger partial charge is 0.447 e. The van der Waals surface area contributed by atoms with E-state index in [2.05, 4.69) is 20.1 Å². The summed E-state index contributed by atoms with van der Waals surface area (Å²) in [5.74, 6) is -0.0676. The maximum atomic E-state index is 14.3. The molecule has 5 rings (SSSR count). The Morgan fingerprint density at radius 2 is 1.90 bits per heavy atom. The second-order valence-corrected chi connectivity index (χ2v) is 10.4. The topological polar surface area (TPSA) is 133 Å². The molecule has 1 amide bonds. The first kappa shape index (κ1) is 27.8. The Hall–Kier alpha value is -3.71. The van der Waals surface area contributed by atoms with E-state index in [4.69, 9.17) is 19.7 Å². The molecule has 0 spiro atoms. The third-order valence-electron chi connectivity index (χ3n) is 7.14. The van der Waals surface area contributed by atoms with Gasteiger partial charge < -0.3 is 29.5 Å². The van der Waals surface area contributed by atoms with Crippen LogP contribution in [0.3, 0.4) is 0 Å². The molecule has 1 aromatic carbocycles. The second-order valence-electron chi connectivity index (χ2n) is 10.4. The highest BCUT2D eigenvalue weighted by Gasteiger charge is 2.31. The smallest absolute Gasteiger partial charge is 0.410 e. The van der Waals surface area contributed by atoms with Gasteiger partial charge in [0.25, 0.3) is 5.89 Å². The number of hydrogen-bond donors (Lipinski definition) is 1. The summed E-state index contributed by atoms with van der Waals surface area (Å²) in [6.45, 7) is 5.90. The van der Waals surface area contributed by atoms with Gasteiger partial charge in [0.05, 0.1) is 17.8 Å². The molecule has 2 aromatic heterocycles. The van der Waals surface area contributed by atoms with Crippen LogP contribution in [0.4, 0.5) is 19.5 Å². The van der Waals surface area contributed by atoms with Crippen molar-refractivity contribution in [3.05, 3.63) is 53.7 Å². The number of hydrogen-bond acceptors (Lipinski definition) is 10. The first-order valence-electron chi connectivity index (χ1n) is 13.4. The van der Waals surface area contributed by atoms with Crippen molar-refractivity contribution in [2.45, 2.75) is 63.9 Å². The number of carbonyl (C=O) groups excluding carboxylic acids is 1. The molecule has 40 heavy (non-hydrogen) atoms. The summed E-state index contributed by atoms with van der Waals surface area (Å²) in [6.07, 6.45) is 4.68. The van der Waals surface area contributed by atoms with Crippen LogP contribution in [0.2, 0.25) is 0 Å². The van der Waals surface area contributed by atoms with Gasteiger partial charge in [-0.1, -0.05) is 5.16 Å². The molecular formula is C27H33F2N7O4. The van der Waals surface area contributed by atoms with E-state index in [1.807, 2.05) is 18.7 Å². The Bertz CT molecular complexity index is 1300. The Morgan fingerprint density at radius 3 is 2.60 bits per heavy atom. The van der Waals surface area contributed by atoms with Gasteiger partial charge in [-0.15, -0.1) is 0 Å². The van der Waals surface area contributed by atoms with Crippen LogP contribution in [-0.4, -0.2) is 75.5 Å². The van der Waals surface area contributed by atoms with Crippen LogP contribution < -0.4 is 10.6 Å². The van der Waals surface area contributed by atoms with Crippen molar-refractivity contribution in [2.75, 3.05) is 31.1 Å². The Labute approximate surface area is 230 Å². The third kappa shape index (κ3) is 6.53. The number of aromatic nitrogens is 4. The van der Waals surface area contributed by atoms with Crippen LogP contribution in [0.15, 0.2) is 35.1 Å². The minimum atomic E-state index is -0.479. The van der Waals surface area contributed by atoms with E-state index in [1.165, 1.54) is 6.07 Å². The van der Waals surface area contributed by atoms with Crippen LogP contribution in [0, 0.1) is 11.6 Å². The van der Waals surface area contributed by atoms with Crippen LogP contribution in [0.25, 0.3) is 11.4 Å². The number of ether oxygens (including phenoxy) is 2. The summed E-state index contributed by atoms with van der Waals surface area (Å²) in [4.78, 5) is 28.9. The SMILES string of the molecule is CC(C)OC(=O)N1CCC(OCc2nc(-c3cnc(N4CCC(c5cc(F)ccc5F)C(N)C4)nc3)no2)CC1. The fourth-order valence-corrected chi connectivity index (χ4v) is 5.05. The van der Waals surface area contributed by atoms with Gasteiger partial charge in [-0.2, -0.15) is 4.98 Å². The highest BCUT2D eigenvalue weighted by atomic mass is 19.1. The lowest BCUT2D eigenvalue weighted by Crippen LogP contribution is -2.48. The van der Waals surface area contributed by atoms with E-state index < -0.39 is 17.7 Å². The van der Waals surface area contributed by atoms with Crippen molar-refractivity contribution < 1.29 is 27.6 Å². The highest BCUT2D eigenvalue weighted by Crippen LogP contribution is 2.31. The van der Waals surface area contributed by atoms with Gasteiger partial charge in [0.15, 0.2) is 0 Å². The molecule has 2 saturated heterocycles. The molecule has 3 aromatic rings. The van der Waals surface area contributed by atoms with Crippen LogP contribution in [-0.2, 0) is 16.1 Å². The number of piperidine rings is 2. The van der Waals surface area contributed by atoms with Crippen molar-refractivity contribution >= 4 is 12.0 Å². The van der Waals surface area contributed by atoms with Gasteiger partial charge in [0.2, 0.25) is 11.8 Å². The molecule has 2 unspecified atom stereocenters. The molecule has 2 fully saturated rings. The number of carbonyl (C=O) groups is 1. The Balaban J connectivity index is 1.11. The average molecular weight is 558 g/mol. The molecule has 2 aliphatic rings. The lowest BCUT2D eigenvalue weighted by molar-refractivity contribution is -0.0147. The maximum absolute atomic E-state index is 14.3. The van der Waals surface area contributed by atoms with E-state index in [-0.39, 0.29) is 30.8 Å². The Morgan fingerprint density at radius 1 is 1.15 bits per heavy atom. The predicted octanol–water partition coefficient (Wildman–Crippen LogP) is 3.65. The summed E-state index contributed by atoms with van der Waals surface area (Å²) in [6, 6.07) is 3.06. The standard InChI is InChI=1S/C27H33F2N7O4/c1-16(2)39-27(37)35-8-5-19(6-9-35)38-15-24-33-25(34-40-24)17-12-31-26(32-13-17)36-10-7-20(23(30)14-36)21-11-18(28)3-4-22(21)29/h3-4,11-13,16,19-20,23H,5-10,14-15,30H2,1-2H3. The van der Waals surface area contributed by atoms with Gasteiger partial charge in [-0.3, -0.25) is 0 Å². The predicted molar refractivity (Wildman–Crippen MR) is 140 cm³/mol. The van der Waals surface area contributed by atoms with E-state index in [1.54, 1.807) is 17.3 Å². The summed E-state index contributed by atoms with van der Waals surface area (Å²) in [7, 11) is 0. The first-order valence-corrected chi connectivity index (χ1v) is 13.4. The molecule has 0 saturated carbocycles. The molecule has 0 bridgehead atoms. The molecule has 0 aliphatic carbocycles. The molecule has 13 heteroatoms. The van der Waals surface area contributed by atoms with Crippen molar-refractivity contribution in [3.8, 4) is 11.4 Å². The lowest BCUT2D eigenvalue weighted by Gasteiger charge is -2.37. The van der Waals surface area contributed by atoms with E-state index >= 15 is 0 Å². The summed E-state index contributed by atoms with van der Waals surface area (Å²) >= 11 is 0. The van der Waals surface area contributed by atoms with Gasteiger partial charge in [-0.25, -0.2) is 23.5 Å². The van der Waals surface area contributed by atoms with Crippen molar-refractivity contribution in [2.24, 2.45) is 5.73 Å². The number of halogens is 2. The molecule has 2 aliphatic heterocycles. The first-order chi connectivity index (χ1) is 19.3. The van der Waals surface area contributed by atoms with Crippen molar-refractivity contribution in [1.82, 2.24) is 25.0 Å². The number of rotatable bonds is 7. The average Bonchev–Trinajstić information content (AvgIpc) is 3.42. The molecule has 2 N–H and O–H groups in total. The van der Waals surface area contributed by atoms with Crippen molar-refractivity contribution in [3.63, 3.8) is 0 Å². The fraction of sp³-hybridized carbons (Fsp3) is 0.519. The van der Waals surface area contributed by atoms with E-state index in [0.29, 0.717) is 74.2 Å². The summed E-state index contributed by atoms with van der Waals surface area (Å²) in [5, 5.41) is 4.01. The van der Waals surface area contributed by atoms with Gasteiger partial charge in [0, 0.05) is 50.5 Å². The Kier molecular flexibility index (Phi) is 8.50. The minimum Gasteiger partial charge on any atom is -0.447 e. The quantitative estimate of drug-likeness (QED) is 0.459. The number of amides is 1. The zero-order valence-corrected chi connectivity index (χ0v) is 22.5. The number of anilines is 1. The van der Waals surface area contributed by atoms with E-state index in [0.717, 1.165) is 12.1 Å². The van der Waals surface area contributed by atoms with E-state index in [9.17, 15) is 13.6 Å². The molecule has 4 heterocycles. The zero-order chi connectivity index (χ0) is 28.2. The van der Waals surface area contributed by atoms with Gasteiger partial charge >= 0.3 is 6.09 Å². The summed E-state index contributed by atoms with van der Waals surface area (Å²) < 4.78 is 44.4. The monoisotopic (exact) mass is 557 g/mol. The van der Waals surface area contributed by atoms with Crippen molar-refractivity contribution in [1.29, 1.82) is 0 Å². The second kappa shape index (κ2) is 12.2. The van der Waals surface area contributed by atoms with Crippen LogP contribution in [0.5, 0.6) is 0 Å². The highest BCUT2D eigenvalue weighted by molar-refractivity contribution is 5.67. The molecular weight excluding hydrogens is 524 g/mol. The molecule has 11 nitrogen and oxygen atoms in total. The fourth-order valence-electron chi connectivity index (χ4n) is 5.05. The van der Waals surface area contributed by atoms with Gasteiger partial charge in [-0.05, 0) is 56.9 Å². The molecule has 214 valence electrons. The lowest BCUT2D eigenvalue weighted by atomic mass is 9.85.